The van der Waals surface area contributed by atoms with Crippen LogP contribution in [0, 0.1) is 23.2 Å². The average molecular weight is 428 g/mol. The molecule has 0 spiro atoms. The van der Waals surface area contributed by atoms with Crippen molar-refractivity contribution in [2.45, 2.75) is 40.0 Å². The van der Waals surface area contributed by atoms with Crippen LogP contribution in [-0.4, -0.2) is 17.6 Å². The van der Waals surface area contributed by atoms with E-state index in [1.165, 1.54) is 4.88 Å². The Labute approximate surface area is 181 Å². The lowest BCUT2D eigenvalue weighted by Crippen LogP contribution is -2.34. The van der Waals surface area contributed by atoms with E-state index in [0.29, 0.717) is 40.3 Å². The third-order valence-corrected chi connectivity index (χ3v) is 6.13. The molecule has 1 amide bonds. The quantitative estimate of drug-likeness (QED) is 0.664. The van der Waals surface area contributed by atoms with Crippen molar-refractivity contribution < 1.29 is 9.53 Å². The Morgan fingerprint density at radius 1 is 1.45 bits per heavy atom. The number of nitriles is 1. The fourth-order valence-corrected chi connectivity index (χ4v) is 4.88. The molecule has 5 nitrogen and oxygen atoms in total. The third kappa shape index (κ3) is 5.34. The summed E-state index contributed by atoms with van der Waals surface area (Å²) >= 11 is 6.89. The lowest BCUT2D eigenvalue weighted by molar-refractivity contribution is 0.0977. The molecule has 7 heteroatoms. The molecule has 29 heavy (non-hydrogen) atoms. The highest BCUT2D eigenvalue weighted by Crippen LogP contribution is 2.39. The zero-order chi connectivity index (χ0) is 21.0. The van der Waals surface area contributed by atoms with Crippen LogP contribution in [0.1, 0.15) is 53.6 Å². The van der Waals surface area contributed by atoms with Crippen LogP contribution in [0.5, 0.6) is 5.75 Å². The van der Waals surface area contributed by atoms with Gasteiger partial charge in [0.1, 0.15) is 16.8 Å². The van der Waals surface area contributed by atoms with Crippen molar-refractivity contribution in [1.29, 1.82) is 5.26 Å². The van der Waals surface area contributed by atoms with Crippen molar-refractivity contribution in [2.75, 3.05) is 11.9 Å². The van der Waals surface area contributed by atoms with Crippen LogP contribution in [0.15, 0.2) is 24.3 Å². The summed E-state index contributed by atoms with van der Waals surface area (Å²) in [4.78, 5) is 13.8. The van der Waals surface area contributed by atoms with Crippen molar-refractivity contribution in [1.82, 2.24) is 5.32 Å². The Balaban J connectivity index is 1.66. The Bertz CT molecular complexity index is 959. The van der Waals surface area contributed by atoms with Crippen molar-refractivity contribution in [3.05, 3.63) is 45.8 Å². The van der Waals surface area contributed by atoms with E-state index in [1.807, 2.05) is 6.07 Å². The van der Waals surface area contributed by atoms with Crippen LogP contribution in [0.2, 0.25) is 0 Å². The number of ether oxygens (including phenoxy) is 1. The Kier molecular flexibility index (Phi) is 6.88. The van der Waals surface area contributed by atoms with Gasteiger partial charge in [0.15, 0.2) is 5.11 Å². The van der Waals surface area contributed by atoms with Gasteiger partial charge in [0.05, 0.1) is 12.2 Å². The number of benzene rings is 1. The van der Waals surface area contributed by atoms with Gasteiger partial charge >= 0.3 is 0 Å². The highest BCUT2D eigenvalue weighted by molar-refractivity contribution is 7.80. The first-order chi connectivity index (χ1) is 13.9. The number of carbonyl (C=O) groups excluding carboxylic acids is 1. The van der Waals surface area contributed by atoms with Gasteiger partial charge < -0.3 is 10.1 Å². The second-order valence-corrected chi connectivity index (χ2v) is 9.32. The molecule has 1 aromatic heterocycles. The maximum atomic E-state index is 12.6. The zero-order valence-corrected chi connectivity index (χ0v) is 18.5. The number of nitrogens with one attached hydrogen (secondary N) is 2. The Hall–Kier alpha value is -2.43. The van der Waals surface area contributed by atoms with E-state index in [-0.39, 0.29) is 11.0 Å². The Morgan fingerprint density at radius 2 is 2.24 bits per heavy atom. The minimum absolute atomic E-state index is 0.187. The molecule has 0 fully saturated rings. The minimum Gasteiger partial charge on any atom is -0.493 e. The number of hydrogen-bond acceptors (Lipinski definition) is 5. The van der Waals surface area contributed by atoms with E-state index in [9.17, 15) is 10.1 Å². The largest absolute Gasteiger partial charge is 0.493 e. The molecule has 1 atom stereocenters. The summed E-state index contributed by atoms with van der Waals surface area (Å²) in [5, 5.41) is 16.2. The van der Waals surface area contributed by atoms with Gasteiger partial charge in [-0.15, -0.1) is 11.3 Å². The molecule has 0 radical (unpaired) electrons. The standard InChI is InChI=1S/C22H25N3O2S2/c1-13(2)12-27-16-6-4-5-15(10-16)20(26)24-22(28)25-21-18(11-23)17-8-7-14(3)9-19(17)29-21/h4-6,10,13-14H,7-9,12H2,1-3H3,(H2,24,25,26,28)/t14-/m0/s1. The first kappa shape index (κ1) is 21.3. The second kappa shape index (κ2) is 9.38. The fraction of sp³-hybridized carbons (Fsp3) is 0.409. The number of thiophene rings is 1. The monoisotopic (exact) mass is 427 g/mol. The fourth-order valence-electron chi connectivity index (χ4n) is 3.26. The van der Waals surface area contributed by atoms with Crippen LogP contribution < -0.4 is 15.4 Å². The molecule has 0 saturated heterocycles. The van der Waals surface area contributed by atoms with E-state index in [2.05, 4.69) is 37.5 Å². The van der Waals surface area contributed by atoms with Crippen molar-refractivity contribution in [2.24, 2.45) is 11.8 Å². The number of hydrogen-bond donors (Lipinski definition) is 2. The highest BCUT2D eigenvalue weighted by Gasteiger charge is 2.24. The molecule has 3 rings (SSSR count). The summed E-state index contributed by atoms with van der Waals surface area (Å²) in [7, 11) is 0. The summed E-state index contributed by atoms with van der Waals surface area (Å²) in [6, 6.07) is 9.32. The first-order valence-corrected chi connectivity index (χ1v) is 11.0. The van der Waals surface area contributed by atoms with Gasteiger partial charge in [-0.3, -0.25) is 10.1 Å². The molecule has 1 heterocycles. The van der Waals surface area contributed by atoms with Crippen LogP contribution in [0.4, 0.5) is 5.00 Å². The second-order valence-electron chi connectivity index (χ2n) is 7.81. The molecule has 2 N–H and O–H groups in total. The lowest BCUT2D eigenvalue weighted by Gasteiger charge is -2.17. The highest BCUT2D eigenvalue weighted by atomic mass is 32.1. The van der Waals surface area contributed by atoms with Gasteiger partial charge in [0, 0.05) is 10.4 Å². The summed E-state index contributed by atoms with van der Waals surface area (Å²) in [5.41, 5.74) is 2.25. The van der Waals surface area contributed by atoms with E-state index >= 15 is 0 Å². The van der Waals surface area contributed by atoms with E-state index in [1.54, 1.807) is 29.5 Å². The number of nitrogens with zero attached hydrogens (tertiary/aromatic N) is 1. The predicted octanol–water partition coefficient (Wildman–Crippen LogP) is 4.91. The molecule has 0 saturated carbocycles. The van der Waals surface area contributed by atoms with Crippen LogP contribution in [0.3, 0.4) is 0 Å². The SMILES string of the molecule is CC(C)COc1cccc(C(=O)NC(=S)Nc2sc3c(c2C#N)CC[C@H](C)C3)c1. The number of fused-ring (bicyclic) bond motifs is 1. The number of rotatable bonds is 5. The molecule has 1 aliphatic rings. The topological polar surface area (TPSA) is 74.2 Å². The van der Waals surface area contributed by atoms with Gasteiger partial charge in [0.25, 0.3) is 5.91 Å². The lowest BCUT2D eigenvalue weighted by atomic mass is 9.89. The van der Waals surface area contributed by atoms with Crippen LogP contribution >= 0.6 is 23.6 Å². The molecule has 1 aliphatic carbocycles. The van der Waals surface area contributed by atoms with Gasteiger partial charge in [-0.25, -0.2) is 0 Å². The molecule has 0 aliphatic heterocycles. The maximum Gasteiger partial charge on any atom is 0.257 e. The zero-order valence-electron chi connectivity index (χ0n) is 16.9. The number of anilines is 1. The molecule has 2 aromatic rings. The normalized spacial score (nSPS) is 15.3. The van der Waals surface area contributed by atoms with Crippen LogP contribution in [0.25, 0.3) is 0 Å². The van der Waals surface area contributed by atoms with Crippen molar-refractivity contribution in [3.8, 4) is 11.8 Å². The maximum absolute atomic E-state index is 12.6. The third-order valence-electron chi connectivity index (χ3n) is 4.76. The minimum atomic E-state index is -0.314. The van der Waals surface area contributed by atoms with Gasteiger partial charge in [-0.2, -0.15) is 5.26 Å². The summed E-state index contributed by atoms with van der Waals surface area (Å²) in [6.45, 7) is 6.95. The first-order valence-electron chi connectivity index (χ1n) is 9.77. The van der Waals surface area contributed by atoms with Crippen molar-refractivity contribution in [3.63, 3.8) is 0 Å². The number of amides is 1. The number of carbonyl (C=O) groups is 1. The van der Waals surface area contributed by atoms with E-state index in [0.717, 1.165) is 24.8 Å². The van der Waals surface area contributed by atoms with Gasteiger partial charge in [-0.05, 0) is 67.1 Å². The van der Waals surface area contributed by atoms with E-state index < -0.39 is 0 Å². The summed E-state index contributed by atoms with van der Waals surface area (Å²) < 4.78 is 5.68. The number of thiocarbonyl (C=S) groups is 1. The molecule has 0 unspecified atom stereocenters. The molecule has 0 bridgehead atoms. The van der Waals surface area contributed by atoms with E-state index in [4.69, 9.17) is 17.0 Å². The molecular formula is C22H25N3O2S2. The summed E-state index contributed by atoms with van der Waals surface area (Å²) in [6.07, 6.45) is 2.99. The molecular weight excluding hydrogens is 402 g/mol. The molecule has 1 aromatic carbocycles. The Morgan fingerprint density at radius 3 is 2.97 bits per heavy atom. The molecule has 152 valence electrons. The van der Waals surface area contributed by atoms with Crippen LogP contribution in [-0.2, 0) is 12.8 Å². The van der Waals surface area contributed by atoms with Gasteiger partial charge in [-0.1, -0.05) is 26.8 Å². The van der Waals surface area contributed by atoms with Crippen molar-refractivity contribution >= 4 is 39.6 Å². The predicted molar refractivity (Wildman–Crippen MR) is 121 cm³/mol. The average Bonchev–Trinajstić information content (AvgIpc) is 3.02. The smallest absolute Gasteiger partial charge is 0.257 e. The van der Waals surface area contributed by atoms with Gasteiger partial charge in [0.2, 0.25) is 0 Å². The summed E-state index contributed by atoms with van der Waals surface area (Å²) in [5.74, 6) is 1.36.